The van der Waals surface area contributed by atoms with Gasteiger partial charge in [0, 0.05) is 24.7 Å². The molecular weight excluding hydrogens is 218 g/mol. The van der Waals surface area contributed by atoms with Gasteiger partial charge in [-0.05, 0) is 25.5 Å². The maximum absolute atomic E-state index is 10.6. The molecule has 0 aliphatic rings. The number of hydrogen-bond donors (Lipinski definition) is 3. The van der Waals surface area contributed by atoms with E-state index in [0.717, 1.165) is 5.69 Å². The molecule has 1 aromatic carbocycles. The second kappa shape index (κ2) is 6.62. The molecule has 5 nitrogen and oxygen atoms in total. The Morgan fingerprint density at radius 2 is 2.24 bits per heavy atom. The normalized spacial score (nSPS) is 9.94. The third kappa shape index (κ3) is 4.63. The van der Waals surface area contributed by atoms with Crippen LogP contribution in [0.4, 0.5) is 11.4 Å². The zero-order valence-corrected chi connectivity index (χ0v) is 10.0. The van der Waals surface area contributed by atoms with Gasteiger partial charge in [-0.25, -0.2) is 0 Å². The standard InChI is InChI=1S/C12H19N3O2/c1-2-17-11-8-9(5-6-10(11)13)15-7-3-4-12(14)16/h5-6,8,15H,2-4,7,13H2,1H3,(H2,14,16). The average molecular weight is 237 g/mol. The molecule has 5 heteroatoms. The first-order valence-corrected chi connectivity index (χ1v) is 5.68. The van der Waals surface area contributed by atoms with Crippen LogP contribution in [0.3, 0.4) is 0 Å². The van der Waals surface area contributed by atoms with Crippen molar-refractivity contribution in [3.05, 3.63) is 18.2 Å². The quantitative estimate of drug-likeness (QED) is 0.493. The number of rotatable bonds is 7. The number of primary amides is 1. The fourth-order valence-electron chi connectivity index (χ4n) is 1.42. The first-order chi connectivity index (χ1) is 8.13. The van der Waals surface area contributed by atoms with Gasteiger partial charge in [0.05, 0.1) is 12.3 Å². The van der Waals surface area contributed by atoms with Crippen LogP contribution in [0.1, 0.15) is 19.8 Å². The molecule has 0 bridgehead atoms. The number of benzene rings is 1. The van der Waals surface area contributed by atoms with Crippen molar-refractivity contribution in [3.63, 3.8) is 0 Å². The summed E-state index contributed by atoms with van der Waals surface area (Å²) in [6.07, 6.45) is 1.10. The summed E-state index contributed by atoms with van der Waals surface area (Å²) in [6.45, 7) is 3.18. The summed E-state index contributed by atoms with van der Waals surface area (Å²) in [7, 11) is 0. The van der Waals surface area contributed by atoms with Gasteiger partial charge in [0.1, 0.15) is 5.75 Å². The Morgan fingerprint density at radius 3 is 2.88 bits per heavy atom. The monoisotopic (exact) mass is 237 g/mol. The Balaban J connectivity index is 2.48. The van der Waals surface area contributed by atoms with Crippen molar-refractivity contribution in [1.82, 2.24) is 0 Å². The number of carbonyl (C=O) groups excluding carboxylic acids is 1. The lowest BCUT2D eigenvalue weighted by atomic mass is 10.2. The minimum absolute atomic E-state index is 0.279. The molecule has 0 radical (unpaired) electrons. The van der Waals surface area contributed by atoms with Gasteiger partial charge in [-0.2, -0.15) is 0 Å². The molecule has 0 atom stereocenters. The Morgan fingerprint density at radius 1 is 1.47 bits per heavy atom. The van der Waals surface area contributed by atoms with Crippen LogP contribution in [0.5, 0.6) is 5.75 Å². The largest absolute Gasteiger partial charge is 0.492 e. The highest BCUT2D eigenvalue weighted by Gasteiger charge is 2.01. The van der Waals surface area contributed by atoms with E-state index in [0.29, 0.717) is 37.4 Å². The number of carbonyl (C=O) groups is 1. The number of anilines is 2. The van der Waals surface area contributed by atoms with E-state index in [4.69, 9.17) is 16.2 Å². The van der Waals surface area contributed by atoms with Crippen molar-refractivity contribution in [2.75, 3.05) is 24.2 Å². The summed E-state index contributed by atoms with van der Waals surface area (Å²) >= 11 is 0. The van der Waals surface area contributed by atoms with Crippen LogP contribution in [0, 0.1) is 0 Å². The lowest BCUT2D eigenvalue weighted by molar-refractivity contribution is -0.118. The van der Waals surface area contributed by atoms with Gasteiger partial charge in [-0.15, -0.1) is 0 Å². The zero-order valence-electron chi connectivity index (χ0n) is 10.0. The topological polar surface area (TPSA) is 90.4 Å². The fraction of sp³-hybridized carbons (Fsp3) is 0.417. The van der Waals surface area contributed by atoms with Crippen molar-refractivity contribution in [2.45, 2.75) is 19.8 Å². The van der Waals surface area contributed by atoms with E-state index in [2.05, 4.69) is 5.32 Å². The molecule has 0 saturated heterocycles. The second-order valence-corrected chi connectivity index (χ2v) is 3.68. The maximum Gasteiger partial charge on any atom is 0.217 e. The number of nitrogens with two attached hydrogens (primary N) is 2. The predicted octanol–water partition coefficient (Wildman–Crippen LogP) is 1.34. The van der Waals surface area contributed by atoms with Crippen LogP contribution in [-0.4, -0.2) is 19.1 Å². The Bertz CT molecular complexity index is 380. The molecule has 1 aromatic rings. The summed E-state index contributed by atoms with van der Waals surface area (Å²) in [5.41, 5.74) is 12.4. The third-order valence-electron chi connectivity index (χ3n) is 2.24. The lowest BCUT2D eigenvalue weighted by Crippen LogP contribution is -2.12. The zero-order chi connectivity index (χ0) is 12.7. The minimum atomic E-state index is -0.279. The van der Waals surface area contributed by atoms with Crippen LogP contribution >= 0.6 is 0 Å². The molecule has 0 saturated carbocycles. The van der Waals surface area contributed by atoms with Gasteiger partial charge < -0.3 is 21.5 Å². The molecule has 0 spiro atoms. The van der Waals surface area contributed by atoms with Crippen LogP contribution in [0.15, 0.2) is 18.2 Å². The van der Waals surface area contributed by atoms with Crippen molar-refractivity contribution in [2.24, 2.45) is 5.73 Å². The van der Waals surface area contributed by atoms with Gasteiger partial charge in [-0.3, -0.25) is 4.79 Å². The van der Waals surface area contributed by atoms with Crippen LogP contribution < -0.4 is 21.5 Å². The smallest absolute Gasteiger partial charge is 0.217 e. The molecule has 17 heavy (non-hydrogen) atoms. The first-order valence-electron chi connectivity index (χ1n) is 5.68. The molecule has 0 unspecified atom stereocenters. The third-order valence-corrected chi connectivity index (χ3v) is 2.24. The molecule has 1 amide bonds. The van der Waals surface area contributed by atoms with E-state index in [1.54, 1.807) is 6.07 Å². The van der Waals surface area contributed by atoms with Crippen LogP contribution in [0.25, 0.3) is 0 Å². The minimum Gasteiger partial charge on any atom is -0.492 e. The van der Waals surface area contributed by atoms with E-state index in [1.807, 2.05) is 19.1 Å². The molecule has 0 heterocycles. The van der Waals surface area contributed by atoms with Gasteiger partial charge >= 0.3 is 0 Å². The first kappa shape index (κ1) is 13.2. The molecule has 94 valence electrons. The molecule has 1 rings (SSSR count). The molecule has 0 fully saturated rings. The SMILES string of the molecule is CCOc1cc(NCCCC(N)=O)ccc1N. The highest BCUT2D eigenvalue weighted by Crippen LogP contribution is 2.25. The van der Waals surface area contributed by atoms with Crippen LogP contribution in [-0.2, 0) is 4.79 Å². The Kier molecular flexibility index (Phi) is 5.13. The van der Waals surface area contributed by atoms with Crippen LogP contribution in [0.2, 0.25) is 0 Å². The highest BCUT2D eigenvalue weighted by molar-refractivity contribution is 5.73. The molecule has 0 aliphatic heterocycles. The number of nitrogens with one attached hydrogen (secondary N) is 1. The van der Waals surface area contributed by atoms with E-state index in [1.165, 1.54) is 0 Å². The summed E-state index contributed by atoms with van der Waals surface area (Å²) in [6, 6.07) is 5.52. The number of ether oxygens (including phenoxy) is 1. The van der Waals surface area contributed by atoms with Crippen molar-refractivity contribution >= 4 is 17.3 Å². The van der Waals surface area contributed by atoms with E-state index < -0.39 is 0 Å². The van der Waals surface area contributed by atoms with Crippen molar-refractivity contribution in [1.29, 1.82) is 0 Å². The molecule has 0 aliphatic carbocycles. The number of nitrogen functional groups attached to an aromatic ring is 1. The van der Waals surface area contributed by atoms with E-state index in [-0.39, 0.29) is 5.91 Å². The average Bonchev–Trinajstić information content (AvgIpc) is 2.28. The fourth-order valence-corrected chi connectivity index (χ4v) is 1.42. The van der Waals surface area contributed by atoms with Gasteiger partial charge in [0.15, 0.2) is 0 Å². The van der Waals surface area contributed by atoms with Crippen molar-refractivity contribution in [3.8, 4) is 5.75 Å². The Hall–Kier alpha value is -1.91. The predicted molar refractivity (Wildman–Crippen MR) is 68.9 cm³/mol. The highest BCUT2D eigenvalue weighted by atomic mass is 16.5. The van der Waals surface area contributed by atoms with Crippen molar-refractivity contribution < 1.29 is 9.53 Å². The molecule has 0 aromatic heterocycles. The Labute approximate surface area is 101 Å². The lowest BCUT2D eigenvalue weighted by Gasteiger charge is -2.10. The number of amides is 1. The summed E-state index contributed by atoms with van der Waals surface area (Å²) < 4.78 is 5.38. The van der Waals surface area contributed by atoms with Gasteiger partial charge in [-0.1, -0.05) is 0 Å². The second-order valence-electron chi connectivity index (χ2n) is 3.68. The summed E-state index contributed by atoms with van der Waals surface area (Å²) in [5.74, 6) is 0.395. The summed E-state index contributed by atoms with van der Waals surface area (Å²) in [4.78, 5) is 10.6. The van der Waals surface area contributed by atoms with E-state index in [9.17, 15) is 4.79 Å². The van der Waals surface area contributed by atoms with Gasteiger partial charge in [0.25, 0.3) is 0 Å². The number of hydrogen-bond acceptors (Lipinski definition) is 4. The molecule has 5 N–H and O–H groups in total. The molecular formula is C12H19N3O2. The van der Waals surface area contributed by atoms with E-state index >= 15 is 0 Å². The summed E-state index contributed by atoms with van der Waals surface area (Å²) in [5, 5.41) is 3.18. The maximum atomic E-state index is 10.6. The van der Waals surface area contributed by atoms with Gasteiger partial charge in [0.2, 0.25) is 5.91 Å².